The van der Waals surface area contributed by atoms with Gasteiger partial charge in [-0.3, -0.25) is 0 Å². The van der Waals surface area contributed by atoms with Crippen molar-refractivity contribution in [3.63, 3.8) is 0 Å². The van der Waals surface area contributed by atoms with E-state index < -0.39 is 17.8 Å². The molecule has 0 bridgehead atoms. The highest BCUT2D eigenvalue weighted by Crippen LogP contribution is 2.59. The van der Waals surface area contributed by atoms with E-state index >= 15 is 0 Å². The third-order valence-corrected chi connectivity index (χ3v) is 10.1. The van der Waals surface area contributed by atoms with Crippen LogP contribution in [0.15, 0.2) is 35.5 Å². The number of aliphatic hydroxyl groups is 3. The number of thioether (sulfide) groups is 1. The molecule has 0 aliphatic heterocycles. The minimum absolute atomic E-state index is 0.387. The first-order chi connectivity index (χ1) is 15.5. The molecule has 1 unspecified atom stereocenters. The standard InChI is InChI=1S/C29H48O3S/c1-20-23(18-24(30)19-27(20)31)12-11-22-10-9-16-29(5)25(13-14-26(22)29)21(2)33-17-8-6-7-15-28(3,4)32/h11-12,21,24-27,30-32H,1,6-10,13-19H2,2-5H3/b22-11+,23-12-/t21?,24-,25-,26+,27+,29-/m1/s1. The molecule has 4 heteroatoms. The fourth-order valence-corrected chi connectivity index (χ4v) is 8.16. The number of hydrogen-bond donors (Lipinski definition) is 3. The largest absolute Gasteiger partial charge is 0.393 e. The van der Waals surface area contributed by atoms with Crippen molar-refractivity contribution in [2.45, 2.75) is 121 Å². The molecule has 3 rings (SSSR count). The number of hydrogen-bond acceptors (Lipinski definition) is 4. The number of fused-ring (bicyclic) bond motifs is 1. The number of unbranched alkanes of at least 4 members (excludes halogenated alkanes) is 2. The Hall–Kier alpha value is -0.550. The Morgan fingerprint density at radius 1 is 1.18 bits per heavy atom. The van der Waals surface area contributed by atoms with Crippen molar-refractivity contribution in [1.29, 1.82) is 0 Å². The van der Waals surface area contributed by atoms with E-state index in [9.17, 15) is 15.3 Å². The van der Waals surface area contributed by atoms with Crippen molar-refractivity contribution in [3.05, 3.63) is 35.5 Å². The zero-order chi connectivity index (χ0) is 24.2. The van der Waals surface area contributed by atoms with Gasteiger partial charge < -0.3 is 15.3 Å². The summed E-state index contributed by atoms with van der Waals surface area (Å²) in [7, 11) is 0. The van der Waals surface area contributed by atoms with Gasteiger partial charge in [0.1, 0.15) is 0 Å². The molecule has 3 saturated carbocycles. The van der Waals surface area contributed by atoms with Gasteiger partial charge in [-0.15, -0.1) is 0 Å². The predicted octanol–water partition coefficient (Wildman–Crippen LogP) is 6.58. The van der Waals surface area contributed by atoms with Crippen molar-refractivity contribution in [2.75, 3.05) is 5.75 Å². The second-order valence-corrected chi connectivity index (χ2v) is 13.3. The first-order valence-corrected chi connectivity index (χ1v) is 14.3. The SMILES string of the molecule is C=C1/C(=C\C=C2/CCC[C@]3(C)[C@@H](C(C)SCCCCCC(C)(C)O)CC[C@@H]23)C[C@@H](O)C[C@@H]1O. The van der Waals surface area contributed by atoms with Crippen molar-refractivity contribution < 1.29 is 15.3 Å². The molecule has 0 spiro atoms. The third-order valence-electron chi connectivity index (χ3n) is 8.68. The molecule has 0 saturated heterocycles. The van der Waals surface area contributed by atoms with E-state index in [0.29, 0.717) is 29.4 Å². The molecule has 3 fully saturated rings. The maximum absolute atomic E-state index is 10.2. The van der Waals surface area contributed by atoms with Gasteiger partial charge in [0.25, 0.3) is 0 Å². The lowest BCUT2D eigenvalue weighted by molar-refractivity contribution is 0.0682. The summed E-state index contributed by atoms with van der Waals surface area (Å²) in [5, 5.41) is 30.8. The molecule has 0 aromatic carbocycles. The number of rotatable bonds is 9. The number of allylic oxidation sites excluding steroid dienone is 3. The quantitative estimate of drug-likeness (QED) is 0.329. The predicted molar refractivity (Wildman–Crippen MR) is 141 cm³/mol. The summed E-state index contributed by atoms with van der Waals surface area (Å²) in [5.74, 6) is 2.66. The molecule has 0 aromatic heterocycles. The Morgan fingerprint density at radius 2 is 1.94 bits per heavy atom. The Morgan fingerprint density at radius 3 is 2.67 bits per heavy atom. The molecule has 3 aliphatic carbocycles. The average molecular weight is 477 g/mol. The zero-order valence-electron chi connectivity index (χ0n) is 21.5. The average Bonchev–Trinajstić information content (AvgIpc) is 3.08. The lowest BCUT2D eigenvalue weighted by atomic mass is 9.63. The molecule has 3 aliphatic rings. The Bertz CT molecular complexity index is 734. The van der Waals surface area contributed by atoms with Crippen LogP contribution in [0.4, 0.5) is 0 Å². The smallest absolute Gasteiger partial charge is 0.0811 e. The van der Waals surface area contributed by atoms with Crippen LogP contribution in [0.2, 0.25) is 0 Å². The first kappa shape index (κ1) is 27.0. The van der Waals surface area contributed by atoms with Crippen LogP contribution in [0.25, 0.3) is 0 Å². The topological polar surface area (TPSA) is 60.7 Å². The lowest BCUT2D eigenvalue weighted by Crippen LogP contribution is -2.37. The van der Waals surface area contributed by atoms with E-state index in [1.54, 1.807) is 5.57 Å². The molecule has 0 amide bonds. The van der Waals surface area contributed by atoms with Gasteiger partial charge in [0.15, 0.2) is 0 Å². The fraction of sp³-hybridized carbons (Fsp3) is 0.793. The lowest BCUT2D eigenvalue weighted by Gasteiger charge is -2.44. The van der Waals surface area contributed by atoms with Gasteiger partial charge in [-0.2, -0.15) is 11.8 Å². The minimum atomic E-state index is -0.612. The van der Waals surface area contributed by atoms with Gasteiger partial charge >= 0.3 is 0 Å². The molecular formula is C29H48O3S. The van der Waals surface area contributed by atoms with E-state index in [-0.39, 0.29) is 0 Å². The van der Waals surface area contributed by atoms with Gasteiger partial charge in [0.2, 0.25) is 0 Å². The number of aliphatic hydroxyl groups excluding tert-OH is 2. The normalized spacial score (nSPS) is 36.4. The van der Waals surface area contributed by atoms with E-state index in [4.69, 9.17) is 0 Å². The van der Waals surface area contributed by atoms with Gasteiger partial charge in [0.05, 0.1) is 17.8 Å². The summed E-state index contributed by atoms with van der Waals surface area (Å²) >= 11 is 2.16. The van der Waals surface area contributed by atoms with E-state index in [2.05, 4.69) is 44.3 Å². The molecule has 6 atom stereocenters. The van der Waals surface area contributed by atoms with Crippen molar-refractivity contribution in [3.8, 4) is 0 Å². The van der Waals surface area contributed by atoms with Gasteiger partial charge in [-0.05, 0) is 99.4 Å². The van der Waals surface area contributed by atoms with Crippen molar-refractivity contribution in [2.24, 2.45) is 17.3 Å². The van der Waals surface area contributed by atoms with Crippen LogP contribution in [0, 0.1) is 17.3 Å². The zero-order valence-corrected chi connectivity index (χ0v) is 22.3. The molecule has 0 radical (unpaired) electrons. The molecule has 33 heavy (non-hydrogen) atoms. The molecular weight excluding hydrogens is 428 g/mol. The maximum Gasteiger partial charge on any atom is 0.0811 e. The van der Waals surface area contributed by atoms with Crippen LogP contribution in [-0.2, 0) is 0 Å². The molecule has 0 heterocycles. The van der Waals surface area contributed by atoms with Crippen LogP contribution < -0.4 is 0 Å². The maximum atomic E-state index is 10.2. The van der Waals surface area contributed by atoms with Crippen molar-refractivity contribution >= 4 is 11.8 Å². The van der Waals surface area contributed by atoms with Gasteiger partial charge in [-0.25, -0.2) is 0 Å². The summed E-state index contributed by atoms with van der Waals surface area (Å²) in [5.41, 5.74) is 3.24. The molecule has 188 valence electrons. The molecule has 0 aromatic rings. The van der Waals surface area contributed by atoms with Crippen LogP contribution in [0.3, 0.4) is 0 Å². The second kappa shape index (κ2) is 11.5. The first-order valence-electron chi connectivity index (χ1n) is 13.3. The Balaban J connectivity index is 1.57. The van der Waals surface area contributed by atoms with E-state index in [0.717, 1.165) is 29.9 Å². The Kier molecular flexibility index (Phi) is 9.39. The highest BCUT2D eigenvalue weighted by molar-refractivity contribution is 7.99. The molecule has 3 nitrogen and oxygen atoms in total. The van der Waals surface area contributed by atoms with E-state index in [1.807, 2.05) is 13.8 Å². The van der Waals surface area contributed by atoms with Crippen LogP contribution in [-0.4, -0.2) is 44.1 Å². The summed E-state index contributed by atoms with van der Waals surface area (Å²) in [6.45, 7) is 12.9. The summed E-state index contributed by atoms with van der Waals surface area (Å²) in [6, 6.07) is 0. The van der Waals surface area contributed by atoms with Gasteiger partial charge in [0, 0.05) is 11.7 Å². The van der Waals surface area contributed by atoms with Crippen LogP contribution >= 0.6 is 11.8 Å². The van der Waals surface area contributed by atoms with Gasteiger partial charge in [-0.1, -0.05) is 51.0 Å². The highest BCUT2D eigenvalue weighted by Gasteiger charge is 2.50. The summed E-state index contributed by atoms with van der Waals surface area (Å²) in [4.78, 5) is 0. The minimum Gasteiger partial charge on any atom is -0.393 e. The second-order valence-electron chi connectivity index (χ2n) is 11.9. The third kappa shape index (κ3) is 6.99. The van der Waals surface area contributed by atoms with Crippen LogP contribution in [0.5, 0.6) is 0 Å². The fourth-order valence-electron chi connectivity index (χ4n) is 6.74. The van der Waals surface area contributed by atoms with Crippen LogP contribution in [0.1, 0.15) is 98.3 Å². The summed E-state index contributed by atoms with van der Waals surface area (Å²) in [6.07, 6.45) is 15.3. The molecule has 3 N–H and O–H groups in total. The Labute approximate surface area is 206 Å². The highest BCUT2D eigenvalue weighted by atomic mass is 32.2. The van der Waals surface area contributed by atoms with E-state index in [1.165, 1.54) is 50.7 Å². The summed E-state index contributed by atoms with van der Waals surface area (Å²) < 4.78 is 0. The monoisotopic (exact) mass is 476 g/mol. The van der Waals surface area contributed by atoms with Crippen molar-refractivity contribution in [1.82, 2.24) is 0 Å².